The number of nitrogens with one attached hydrogen (secondary N) is 1. The van der Waals surface area contributed by atoms with Gasteiger partial charge in [-0.05, 0) is 45.6 Å². The average molecular weight is 247 g/mol. The van der Waals surface area contributed by atoms with E-state index in [0.717, 1.165) is 19.5 Å². The fraction of sp³-hybridized carbons (Fsp3) is 0.917. The quantitative estimate of drug-likeness (QED) is 0.767. The Bertz CT molecular complexity index is 229. The van der Waals surface area contributed by atoms with E-state index in [9.17, 15) is 4.79 Å². The first-order valence-corrected chi connectivity index (χ1v) is 6.33. The number of hydrogen-bond acceptors (Lipinski definition) is 2. The van der Waals surface area contributed by atoms with Gasteiger partial charge in [0.1, 0.15) is 0 Å². The van der Waals surface area contributed by atoms with Crippen molar-refractivity contribution in [3.8, 4) is 0 Å². The molecule has 1 amide bonds. The SMILES string of the molecule is CC1CCCCN1C(=O)C1CCCCN1.Cl. The summed E-state index contributed by atoms with van der Waals surface area (Å²) in [5.41, 5.74) is 0. The second kappa shape index (κ2) is 6.45. The van der Waals surface area contributed by atoms with Crippen molar-refractivity contribution in [3.05, 3.63) is 0 Å². The van der Waals surface area contributed by atoms with Crippen molar-refractivity contribution in [2.45, 2.75) is 57.5 Å². The largest absolute Gasteiger partial charge is 0.339 e. The number of piperidine rings is 2. The molecule has 16 heavy (non-hydrogen) atoms. The van der Waals surface area contributed by atoms with E-state index in [-0.39, 0.29) is 18.4 Å². The molecule has 2 aliphatic rings. The summed E-state index contributed by atoms with van der Waals surface area (Å²) >= 11 is 0. The molecule has 2 rings (SSSR count). The summed E-state index contributed by atoms with van der Waals surface area (Å²) in [5.74, 6) is 0.349. The van der Waals surface area contributed by atoms with Gasteiger partial charge in [0.05, 0.1) is 6.04 Å². The minimum atomic E-state index is 0. The number of likely N-dealkylation sites (tertiary alicyclic amines) is 1. The average Bonchev–Trinajstić information content (AvgIpc) is 2.30. The molecule has 2 fully saturated rings. The van der Waals surface area contributed by atoms with Crippen molar-refractivity contribution in [1.29, 1.82) is 0 Å². The van der Waals surface area contributed by atoms with E-state index in [1.54, 1.807) is 0 Å². The topological polar surface area (TPSA) is 32.3 Å². The summed E-state index contributed by atoms with van der Waals surface area (Å²) in [7, 11) is 0. The number of nitrogens with zero attached hydrogens (tertiary/aromatic N) is 1. The van der Waals surface area contributed by atoms with Gasteiger partial charge in [0.15, 0.2) is 0 Å². The summed E-state index contributed by atoms with van der Waals surface area (Å²) in [6, 6.07) is 0.564. The summed E-state index contributed by atoms with van der Waals surface area (Å²) in [6.07, 6.45) is 7.09. The van der Waals surface area contributed by atoms with E-state index >= 15 is 0 Å². The summed E-state index contributed by atoms with van der Waals surface area (Å²) in [6.45, 7) is 4.16. The highest BCUT2D eigenvalue weighted by molar-refractivity contribution is 5.85. The molecule has 2 heterocycles. The molecule has 2 atom stereocenters. The highest BCUT2D eigenvalue weighted by Gasteiger charge is 2.29. The van der Waals surface area contributed by atoms with E-state index < -0.39 is 0 Å². The van der Waals surface area contributed by atoms with Crippen LogP contribution in [-0.2, 0) is 4.79 Å². The highest BCUT2D eigenvalue weighted by Crippen LogP contribution is 2.19. The number of rotatable bonds is 1. The van der Waals surface area contributed by atoms with Crippen LogP contribution in [0.15, 0.2) is 0 Å². The van der Waals surface area contributed by atoms with Gasteiger partial charge in [0.25, 0.3) is 0 Å². The first-order chi connectivity index (χ1) is 7.29. The van der Waals surface area contributed by atoms with Gasteiger partial charge in [-0.25, -0.2) is 0 Å². The van der Waals surface area contributed by atoms with E-state index in [1.807, 2.05) is 0 Å². The molecule has 0 bridgehead atoms. The van der Waals surface area contributed by atoms with Crippen LogP contribution < -0.4 is 5.32 Å². The maximum atomic E-state index is 12.2. The standard InChI is InChI=1S/C12H22N2O.ClH/c1-10-6-3-5-9-14(10)12(15)11-7-2-4-8-13-11;/h10-11,13H,2-9H2,1H3;1H. The molecule has 0 aliphatic carbocycles. The molecule has 0 aromatic carbocycles. The first-order valence-electron chi connectivity index (χ1n) is 6.33. The Morgan fingerprint density at radius 3 is 2.56 bits per heavy atom. The number of amides is 1. The number of carbonyl (C=O) groups is 1. The minimum absolute atomic E-state index is 0. The second-order valence-corrected chi connectivity index (χ2v) is 4.88. The van der Waals surface area contributed by atoms with E-state index in [2.05, 4.69) is 17.1 Å². The lowest BCUT2D eigenvalue weighted by atomic mass is 9.99. The van der Waals surface area contributed by atoms with Crippen molar-refractivity contribution in [3.63, 3.8) is 0 Å². The number of carbonyl (C=O) groups excluding carboxylic acids is 1. The Morgan fingerprint density at radius 2 is 1.94 bits per heavy atom. The van der Waals surface area contributed by atoms with Gasteiger partial charge in [-0.1, -0.05) is 6.42 Å². The minimum Gasteiger partial charge on any atom is -0.339 e. The van der Waals surface area contributed by atoms with Gasteiger partial charge >= 0.3 is 0 Å². The summed E-state index contributed by atoms with van der Waals surface area (Å²) in [5, 5.41) is 3.35. The molecule has 0 radical (unpaired) electrons. The van der Waals surface area contributed by atoms with Gasteiger partial charge in [-0.3, -0.25) is 4.79 Å². The van der Waals surface area contributed by atoms with Crippen LogP contribution in [0.1, 0.15) is 45.4 Å². The zero-order chi connectivity index (χ0) is 10.7. The van der Waals surface area contributed by atoms with Crippen LogP contribution in [-0.4, -0.2) is 36.0 Å². The third-order valence-corrected chi connectivity index (χ3v) is 3.69. The van der Waals surface area contributed by atoms with Crippen molar-refractivity contribution in [2.75, 3.05) is 13.1 Å². The molecule has 0 spiro atoms. The Balaban J connectivity index is 0.00000128. The highest BCUT2D eigenvalue weighted by atomic mass is 35.5. The molecule has 94 valence electrons. The monoisotopic (exact) mass is 246 g/mol. The normalized spacial score (nSPS) is 30.7. The molecule has 2 aliphatic heterocycles. The van der Waals surface area contributed by atoms with Crippen molar-refractivity contribution in [2.24, 2.45) is 0 Å². The van der Waals surface area contributed by atoms with Crippen LogP contribution in [0.5, 0.6) is 0 Å². The summed E-state index contributed by atoms with van der Waals surface area (Å²) in [4.78, 5) is 14.3. The fourth-order valence-electron chi connectivity index (χ4n) is 2.69. The maximum absolute atomic E-state index is 12.2. The molecule has 0 saturated carbocycles. The van der Waals surface area contributed by atoms with Gasteiger partial charge < -0.3 is 10.2 Å². The zero-order valence-corrected chi connectivity index (χ0v) is 10.9. The number of hydrogen-bond donors (Lipinski definition) is 1. The maximum Gasteiger partial charge on any atom is 0.239 e. The molecular formula is C12H23ClN2O. The van der Waals surface area contributed by atoms with Gasteiger partial charge in [-0.15, -0.1) is 12.4 Å². The Labute approximate surface area is 104 Å². The predicted octanol–water partition coefficient (Wildman–Crippen LogP) is 1.95. The smallest absolute Gasteiger partial charge is 0.239 e. The Hall–Kier alpha value is -0.280. The van der Waals surface area contributed by atoms with E-state index in [4.69, 9.17) is 0 Å². The lowest BCUT2D eigenvalue weighted by molar-refractivity contribution is -0.137. The molecular weight excluding hydrogens is 224 g/mol. The molecule has 0 aromatic heterocycles. The van der Waals surface area contributed by atoms with E-state index in [1.165, 1.54) is 32.1 Å². The van der Waals surface area contributed by atoms with Crippen LogP contribution in [0, 0.1) is 0 Å². The van der Waals surface area contributed by atoms with Gasteiger partial charge in [0, 0.05) is 12.6 Å². The predicted molar refractivity (Wildman–Crippen MR) is 67.9 cm³/mol. The molecule has 1 N–H and O–H groups in total. The molecule has 0 aromatic rings. The van der Waals surface area contributed by atoms with Crippen molar-refractivity contribution < 1.29 is 4.79 Å². The fourth-order valence-corrected chi connectivity index (χ4v) is 2.69. The van der Waals surface area contributed by atoms with Crippen LogP contribution in [0.3, 0.4) is 0 Å². The molecule has 4 heteroatoms. The molecule has 2 unspecified atom stereocenters. The summed E-state index contributed by atoms with van der Waals surface area (Å²) < 4.78 is 0. The molecule has 2 saturated heterocycles. The van der Waals surface area contributed by atoms with Crippen LogP contribution in [0.25, 0.3) is 0 Å². The van der Waals surface area contributed by atoms with Gasteiger partial charge in [-0.2, -0.15) is 0 Å². The van der Waals surface area contributed by atoms with Crippen LogP contribution in [0.2, 0.25) is 0 Å². The third kappa shape index (κ3) is 3.11. The Morgan fingerprint density at radius 1 is 1.19 bits per heavy atom. The van der Waals surface area contributed by atoms with Crippen molar-refractivity contribution >= 4 is 18.3 Å². The second-order valence-electron chi connectivity index (χ2n) is 4.88. The number of halogens is 1. The lowest BCUT2D eigenvalue weighted by Crippen LogP contribution is -2.52. The Kier molecular flexibility index (Phi) is 5.56. The third-order valence-electron chi connectivity index (χ3n) is 3.69. The van der Waals surface area contributed by atoms with Crippen LogP contribution in [0.4, 0.5) is 0 Å². The lowest BCUT2D eigenvalue weighted by Gasteiger charge is -2.37. The van der Waals surface area contributed by atoms with Gasteiger partial charge in [0.2, 0.25) is 5.91 Å². The van der Waals surface area contributed by atoms with E-state index in [0.29, 0.717) is 11.9 Å². The molecule has 3 nitrogen and oxygen atoms in total. The zero-order valence-electron chi connectivity index (χ0n) is 10.1. The first kappa shape index (κ1) is 13.8. The van der Waals surface area contributed by atoms with Crippen LogP contribution >= 0.6 is 12.4 Å². The van der Waals surface area contributed by atoms with Crippen molar-refractivity contribution in [1.82, 2.24) is 10.2 Å².